The first-order chi connectivity index (χ1) is 15.6. The molecule has 0 spiro atoms. The van der Waals surface area contributed by atoms with Gasteiger partial charge in [0.05, 0.1) is 16.7 Å². The van der Waals surface area contributed by atoms with Gasteiger partial charge < -0.3 is 9.97 Å². The number of aromatic nitrogens is 4. The lowest BCUT2D eigenvalue weighted by atomic mass is 9.87. The number of rotatable bonds is 1. The predicted molar refractivity (Wildman–Crippen MR) is 131 cm³/mol. The summed E-state index contributed by atoms with van der Waals surface area (Å²) in [6, 6.07) is 22.3. The van der Waals surface area contributed by atoms with Crippen molar-refractivity contribution in [3.8, 4) is 22.4 Å². The molecule has 7 rings (SSSR count). The molecule has 4 nitrogen and oxygen atoms in total. The van der Waals surface area contributed by atoms with Gasteiger partial charge >= 0.3 is 0 Å². The smallest absolute Gasteiger partial charge is 0.104 e. The largest absolute Gasteiger partial charge is 0.346 e. The van der Waals surface area contributed by atoms with E-state index in [4.69, 9.17) is 4.98 Å². The molecule has 0 bridgehead atoms. The number of hydrogen-bond donors (Lipinski definition) is 2. The molecule has 0 saturated carbocycles. The third-order valence-electron chi connectivity index (χ3n) is 6.83. The Hall–Kier alpha value is -3.92. The molecule has 4 aromatic carbocycles. The van der Waals surface area contributed by atoms with Crippen molar-refractivity contribution in [3.63, 3.8) is 0 Å². The van der Waals surface area contributed by atoms with Crippen molar-refractivity contribution >= 4 is 32.6 Å². The highest BCUT2D eigenvalue weighted by atomic mass is 14.9. The number of nitrogens with zero attached hydrogens (tertiary/aromatic N) is 2. The summed E-state index contributed by atoms with van der Waals surface area (Å²) in [6.45, 7) is 4.04. The lowest BCUT2D eigenvalue weighted by molar-refractivity contribution is 0.912. The van der Waals surface area contributed by atoms with Gasteiger partial charge in [-0.1, -0.05) is 42.5 Å². The maximum absolute atomic E-state index is 4.75. The van der Waals surface area contributed by atoms with Gasteiger partial charge in [-0.2, -0.15) is 0 Å². The number of imidazole rings is 2. The lowest BCUT2D eigenvalue weighted by Gasteiger charge is -2.18. The van der Waals surface area contributed by atoms with E-state index in [1.807, 2.05) is 13.8 Å². The van der Waals surface area contributed by atoms with Gasteiger partial charge in [0.25, 0.3) is 0 Å². The molecule has 0 radical (unpaired) electrons. The van der Waals surface area contributed by atoms with Crippen molar-refractivity contribution in [1.82, 2.24) is 19.9 Å². The second-order valence-electron chi connectivity index (χ2n) is 8.90. The van der Waals surface area contributed by atoms with Crippen LogP contribution in [0.2, 0.25) is 0 Å². The Morgan fingerprint density at radius 3 is 2.25 bits per heavy atom. The number of fused-ring (bicyclic) bond motifs is 8. The fraction of sp³-hybridized carbons (Fsp3) is 0.143. The van der Waals surface area contributed by atoms with Crippen LogP contribution in [-0.2, 0) is 12.8 Å². The van der Waals surface area contributed by atoms with E-state index in [-0.39, 0.29) is 0 Å². The summed E-state index contributed by atoms with van der Waals surface area (Å²) in [5.41, 5.74) is 9.70. The van der Waals surface area contributed by atoms with Crippen LogP contribution < -0.4 is 0 Å². The Labute approximate surface area is 185 Å². The number of nitrogens with one attached hydrogen (secondary N) is 2. The molecular formula is C28H22N4. The van der Waals surface area contributed by atoms with Crippen LogP contribution in [0.3, 0.4) is 0 Å². The molecule has 2 aromatic heterocycles. The quantitative estimate of drug-likeness (QED) is 0.317. The Balaban J connectivity index is 1.36. The molecule has 0 unspecified atom stereocenters. The number of aromatic amines is 2. The van der Waals surface area contributed by atoms with Crippen molar-refractivity contribution in [1.29, 1.82) is 0 Å². The summed E-state index contributed by atoms with van der Waals surface area (Å²) in [5.74, 6) is 1.95. The average Bonchev–Trinajstić information content (AvgIpc) is 3.39. The molecule has 1 aliphatic carbocycles. The highest BCUT2D eigenvalue weighted by Crippen LogP contribution is 2.38. The third-order valence-corrected chi connectivity index (χ3v) is 6.83. The monoisotopic (exact) mass is 414 g/mol. The second kappa shape index (κ2) is 6.30. The molecule has 6 aromatic rings. The Bertz CT molecular complexity index is 1700. The molecule has 0 fully saturated rings. The summed E-state index contributed by atoms with van der Waals surface area (Å²) in [7, 11) is 0. The Morgan fingerprint density at radius 2 is 1.41 bits per heavy atom. The molecule has 0 aliphatic heterocycles. The number of aryl methyl sites for hydroxylation is 4. The SMILES string of the molecule is Cc1nc2c([nH]1)CCc1c-2ccc2cc(-c3ccc4c(ccc5[nH]c(C)nc54)c3)ccc12. The molecule has 0 saturated heterocycles. The summed E-state index contributed by atoms with van der Waals surface area (Å²) >= 11 is 0. The van der Waals surface area contributed by atoms with Gasteiger partial charge in [-0.25, -0.2) is 9.97 Å². The Kier molecular flexibility index (Phi) is 3.49. The van der Waals surface area contributed by atoms with Crippen molar-refractivity contribution in [2.75, 3.05) is 0 Å². The van der Waals surface area contributed by atoms with Gasteiger partial charge in [0.2, 0.25) is 0 Å². The zero-order chi connectivity index (χ0) is 21.4. The molecule has 1 aliphatic rings. The minimum Gasteiger partial charge on any atom is -0.346 e. The molecule has 2 heterocycles. The van der Waals surface area contributed by atoms with Crippen LogP contribution >= 0.6 is 0 Å². The van der Waals surface area contributed by atoms with Crippen molar-refractivity contribution in [3.05, 3.63) is 83.6 Å². The van der Waals surface area contributed by atoms with Gasteiger partial charge in [0, 0.05) is 16.6 Å². The maximum Gasteiger partial charge on any atom is 0.104 e. The first kappa shape index (κ1) is 17.7. The number of hydrogen-bond acceptors (Lipinski definition) is 2. The highest BCUT2D eigenvalue weighted by Gasteiger charge is 2.21. The third kappa shape index (κ3) is 2.50. The van der Waals surface area contributed by atoms with Crippen LogP contribution in [0.1, 0.15) is 22.9 Å². The van der Waals surface area contributed by atoms with Crippen LogP contribution in [-0.4, -0.2) is 19.9 Å². The van der Waals surface area contributed by atoms with E-state index in [2.05, 4.69) is 75.6 Å². The number of benzene rings is 4. The topological polar surface area (TPSA) is 57.4 Å². The standard InChI is InChI=1S/C28H22N4/c1-15-29-25-11-6-20-14-18(4-8-22(20)27(25)31-15)17-3-7-21-19(13-17)5-9-24-23(21)10-12-26-28(24)32-16(2)30-26/h3-9,11,13-14H,10,12H2,1-2H3,(H,29,31)(H,30,32). The van der Waals surface area contributed by atoms with E-state index in [1.165, 1.54) is 49.5 Å². The average molecular weight is 415 g/mol. The van der Waals surface area contributed by atoms with Crippen LogP contribution in [0, 0.1) is 13.8 Å². The Morgan fingerprint density at radius 1 is 0.688 bits per heavy atom. The first-order valence-corrected chi connectivity index (χ1v) is 11.1. The van der Waals surface area contributed by atoms with Gasteiger partial charge in [-0.3, -0.25) is 0 Å². The van der Waals surface area contributed by atoms with Crippen LogP contribution in [0.5, 0.6) is 0 Å². The van der Waals surface area contributed by atoms with Gasteiger partial charge in [0.1, 0.15) is 11.6 Å². The van der Waals surface area contributed by atoms with Crippen LogP contribution in [0.25, 0.3) is 55.0 Å². The molecule has 0 atom stereocenters. The summed E-state index contributed by atoms with van der Waals surface area (Å²) in [4.78, 5) is 16.2. The summed E-state index contributed by atoms with van der Waals surface area (Å²) < 4.78 is 0. The first-order valence-electron chi connectivity index (χ1n) is 11.1. The van der Waals surface area contributed by atoms with Gasteiger partial charge in [-0.15, -0.1) is 0 Å². The highest BCUT2D eigenvalue weighted by molar-refractivity contribution is 6.05. The van der Waals surface area contributed by atoms with E-state index >= 15 is 0 Å². The molecule has 32 heavy (non-hydrogen) atoms. The van der Waals surface area contributed by atoms with Crippen molar-refractivity contribution in [2.24, 2.45) is 0 Å². The molecular weight excluding hydrogens is 392 g/mol. The van der Waals surface area contributed by atoms with E-state index in [0.717, 1.165) is 41.2 Å². The van der Waals surface area contributed by atoms with E-state index in [9.17, 15) is 0 Å². The zero-order valence-corrected chi connectivity index (χ0v) is 18.1. The van der Waals surface area contributed by atoms with E-state index in [1.54, 1.807) is 0 Å². The zero-order valence-electron chi connectivity index (χ0n) is 18.1. The molecule has 4 heteroatoms. The summed E-state index contributed by atoms with van der Waals surface area (Å²) in [5, 5.41) is 5.03. The molecule has 2 N–H and O–H groups in total. The van der Waals surface area contributed by atoms with Gasteiger partial charge in [-0.05, 0) is 77.7 Å². The minimum atomic E-state index is 0.951. The number of H-pyrrole nitrogens is 2. The summed E-state index contributed by atoms with van der Waals surface area (Å²) in [6.07, 6.45) is 2.07. The molecule has 0 amide bonds. The van der Waals surface area contributed by atoms with Crippen molar-refractivity contribution in [2.45, 2.75) is 26.7 Å². The fourth-order valence-corrected chi connectivity index (χ4v) is 5.36. The normalized spacial score (nSPS) is 13.1. The van der Waals surface area contributed by atoms with Crippen molar-refractivity contribution < 1.29 is 0 Å². The van der Waals surface area contributed by atoms with E-state index < -0.39 is 0 Å². The van der Waals surface area contributed by atoms with Gasteiger partial charge in [0.15, 0.2) is 0 Å². The predicted octanol–water partition coefficient (Wildman–Crippen LogP) is 6.64. The maximum atomic E-state index is 4.75. The minimum absolute atomic E-state index is 0.951. The van der Waals surface area contributed by atoms with Crippen LogP contribution in [0.15, 0.2) is 60.7 Å². The van der Waals surface area contributed by atoms with E-state index in [0.29, 0.717) is 0 Å². The van der Waals surface area contributed by atoms with Crippen LogP contribution in [0.4, 0.5) is 0 Å². The second-order valence-corrected chi connectivity index (χ2v) is 8.90. The fourth-order valence-electron chi connectivity index (χ4n) is 5.36. The molecule has 154 valence electrons. The lowest BCUT2D eigenvalue weighted by Crippen LogP contribution is -2.04.